The molecule has 0 bridgehead atoms. The summed E-state index contributed by atoms with van der Waals surface area (Å²) < 4.78 is 8.06. The first-order chi connectivity index (χ1) is 17.0. The van der Waals surface area contributed by atoms with Crippen LogP contribution in [0.2, 0.25) is 0 Å². The van der Waals surface area contributed by atoms with Gasteiger partial charge in [0.15, 0.2) is 0 Å². The lowest BCUT2D eigenvalue weighted by Gasteiger charge is -2.31. The third kappa shape index (κ3) is 4.58. The minimum Gasteiger partial charge on any atom is -0.493 e. The molecule has 2 heterocycles. The predicted molar refractivity (Wildman–Crippen MR) is 134 cm³/mol. The van der Waals surface area contributed by atoms with Crippen molar-refractivity contribution in [2.75, 3.05) is 6.61 Å². The van der Waals surface area contributed by atoms with Gasteiger partial charge >= 0.3 is 6.03 Å². The third-order valence-electron chi connectivity index (χ3n) is 6.84. The summed E-state index contributed by atoms with van der Waals surface area (Å²) in [4.78, 5) is 39.5. The number of para-hydroxylation sites is 2. The summed E-state index contributed by atoms with van der Waals surface area (Å²) in [6, 6.07) is 15.1. The fourth-order valence-corrected chi connectivity index (χ4v) is 5.03. The van der Waals surface area contributed by atoms with Gasteiger partial charge in [-0.25, -0.2) is 4.79 Å². The average Bonchev–Trinajstić information content (AvgIpc) is 3.49. The van der Waals surface area contributed by atoms with E-state index >= 15 is 0 Å². The van der Waals surface area contributed by atoms with Crippen LogP contribution < -0.4 is 10.1 Å². The van der Waals surface area contributed by atoms with Crippen molar-refractivity contribution < 1.29 is 19.1 Å². The van der Waals surface area contributed by atoms with Gasteiger partial charge in [-0.2, -0.15) is 0 Å². The summed E-state index contributed by atoms with van der Waals surface area (Å²) in [7, 11) is 0. The number of nitrogens with one attached hydrogen (secondary N) is 1. The van der Waals surface area contributed by atoms with E-state index in [9.17, 15) is 14.4 Å². The molecule has 7 nitrogen and oxygen atoms in total. The second-order valence-electron chi connectivity index (χ2n) is 9.19. The number of hydrogen-bond acceptors (Lipinski definition) is 4. The predicted octanol–water partition coefficient (Wildman–Crippen LogP) is 4.82. The van der Waals surface area contributed by atoms with Crippen molar-refractivity contribution in [3.05, 3.63) is 71.4 Å². The zero-order chi connectivity index (χ0) is 24.4. The van der Waals surface area contributed by atoms with Crippen molar-refractivity contribution >= 4 is 34.8 Å². The quantitative estimate of drug-likeness (QED) is 0.304. The Labute approximate surface area is 204 Å². The highest BCUT2D eigenvalue weighted by Crippen LogP contribution is 2.29. The van der Waals surface area contributed by atoms with Crippen LogP contribution in [0.25, 0.3) is 17.0 Å². The lowest BCUT2D eigenvalue weighted by atomic mass is 10.0. The van der Waals surface area contributed by atoms with Gasteiger partial charge in [0.05, 0.1) is 6.61 Å². The van der Waals surface area contributed by atoms with E-state index in [0.717, 1.165) is 66.4 Å². The van der Waals surface area contributed by atoms with Gasteiger partial charge in [-0.3, -0.25) is 19.8 Å². The average molecular weight is 472 g/mol. The molecular weight excluding hydrogens is 442 g/mol. The number of rotatable bonds is 7. The van der Waals surface area contributed by atoms with Crippen molar-refractivity contribution in [1.82, 2.24) is 14.8 Å². The number of carbonyl (C=O) groups excluding carboxylic acids is 3. The van der Waals surface area contributed by atoms with Gasteiger partial charge in [-0.05, 0) is 50.0 Å². The van der Waals surface area contributed by atoms with Crippen LogP contribution in [0, 0.1) is 6.92 Å². The second kappa shape index (κ2) is 9.78. The van der Waals surface area contributed by atoms with Crippen LogP contribution in [-0.4, -0.2) is 40.0 Å². The van der Waals surface area contributed by atoms with E-state index in [4.69, 9.17) is 4.74 Å². The van der Waals surface area contributed by atoms with Crippen molar-refractivity contribution in [2.24, 2.45) is 0 Å². The summed E-state index contributed by atoms with van der Waals surface area (Å²) in [6.45, 7) is 3.33. The lowest BCUT2D eigenvalue weighted by Crippen LogP contribution is -2.57. The molecule has 0 spiro atoms. The van der Waals surface area contributed by atoms with Crippen LogP contribution in [0.15, 0.2) is 60.3 Å². The molecule has 2 aliphatic rings. The highest BCUT2D eigenvalue weighted by atomic mass is 16.5. The summed E-state index contributed by atoms with van der Waals surface area (Å²) >= 11 is 0. The first-order valence-electron chi connectivity index (χ1n) is 12.2. The van der Waals surface area contributed by atoms with E-state index in [2.05, 4.69) is 9.88 Å². The van der Waals surface area contributed by atoms with Crippen LogP contribution in [-0.2, 0) is 16.1 Å². The van der Waals surface area contributed by atoms with Gasteiger partial charge in [0.1, 0.15) is 11.3 Å². The highest BCUT2D eigenvalue weighted by Gasteiger charge is 2.40. The fourth-order valence-electron chi connectivity index (χ4n) is 5.03. The molecule has 1 N–H and O–H groups in total. The Morgan fingerprint density at radius 2 is 1.77 bits per heavy atom. The summed E-state index contributed by atoms with van der Waals surface area (Å²) in [5.41, 5.74) is 2.90. The maximum Gasteiger partial charge on any atom is 0.331 e. The molecule has 4 amide bonds. The zero-order valence-electron chi connectivity index (χ0n) is 19.8. The molecule has 7 heteroatoms. The largest absolute Gasteiger partial charge is 0.493 e. The number of fused-ring (bicyclic) bond motifs is 1. The Morgan fingerprint density at radius 1 is 1.03 bits per heavy atom. The number of hydrogen-bond donors (Lipinski definition) is 1. The van der Waals surface area contributed by atoms with Gasteiger partial charge in [0, 0.05) is 35.2 Å². The molecule has 1 aliphatic carbocycles. The Kier molecular flexibility index (Phi) is 6.40. The molecule has 1 aromatic heterocycles. The van der Waals surface area contributed by atoms with Crippen LogP contribution in [0.1, 0.15) is 43.2 Å². The van der Waals surface area contributed by atoms with E-state index in [1.54, 1.807) is 6.08 Å². The molecular formula is C28H29N3O4. The van der Waals surface area contributed by atoms with Crippen LogP contribution in [0.5, 0.6) is 5.75 Å². The Balaban J connectivity index is 1.37. The number of barbiturate groups is 1. The Morgan fingerprint density at radius 3 is 2.57 bits per heavy atom. The number of carbonyl (C=O) groups is 3. The molecule has 180 valence electrons. The van der Waals surface area contributed by atoms with Gasteiger partial charge in [-0.1, -0.05) is 49.2 Å². The molecule has 35 heavy (non-hydrogen) atoms. The van der Waals surface area contributed by atoms with E-state index in [0.29, 0.717) is 6.61 Å². The number of imide groups is 2. The fraction of sp³-hybridized carbons (Fsp3) is 0.321. The molecule has 0 unspecified atom stereocenters. The number of ether oxygens (including phenoxy) is 1. The van der Waals surface area contributed by atoms with E-state index < -0.39 is 17.8 Å². The second-order valence-corrected chi connectivity index (χ2v) is 9.19. The van der Waals surface area contributed by atoms with Gasteiger partial charge < -0.3 is 9.30 Å². The first kappa shape index (κ1) is 22.9. The molecule has 0 atom stereocenters. The number of amides is 4. The molecule has 5 rings (SSSR count). The SMILES string of the molecule is Cc1ccccc1OCCCn1cc(/C=C2/C(=O)NC(=O)N(C3CCCC3)C2=O)c2ccccc21. The summed E-state index contributed by atoms with van der Waals surface area (Å²) in [5, 5.41) is 3.31. The standard InChI is InChI=1S/C28H29N3O4/c1-19-9-2-7-14-25(19)35-16-8-15-30-18-20(22-12-5-6-13-24(22)30)17-23-26(32)29-28(34)31(27(23)33)21-10-3-4-11-21/h2,5-7,9,12-14,17-18,21H,3-4,8,10-11,15-16H2,1H3,(H,29,32,34)/b23-17-. The van der Waals surface area contributed by atoms with Crippen LogP contribution >= 0.6 is 0 Å². The maximum atomic E-state index is 13.2. The summed E-state index contributed by atoms with van der Waals surface area (Å²) in [5.74, 6) is -0.259. The lowest BCUT2D eigenvalue weighted by molar-refractivity contribution is -0.131. The van der Waals surface area contributed by atoms with Gasteiger partial charge in [0.25, 0.3) is 11.8 Å². The molecule has 2 aromatic carbocycles. The van der Waals surface area contributed by atoms with Crippen LogP contribution in [0.4, 0.5) is 4.79 Å². The number of aromatic nitrogens is 1. The number of aryl methyl sites for hydroxylation is 2. The minimum absolute atomic E-state index is 0.00212. The third-order valence-corrected chi connectivity index (χ3v) is 6.84. The van der Waals surface area contributed by atoms with Gasteiger partial charge in [0.2, 0.25) is 0 Å². The molecule has 1 aliphatic heterocycles. The maximum absolute atomic E-state index is 13.2. The van der Waals surface area contributed by atoms with Gasteiger partial charge in [-0.15, -0.1) is 0 Å². The normalized spacial score (nSPS) is 18.0. The number of urea groups is 1. The minimum atomic E-state index is -0.641. The van der Waals surface area contributed by atoms with Crippen molar-refractivity contribution in [2.45, 2.75) is 51.6 Å². The summed E-state index contributed by atoms with van der Waals surface area (Å²) in [6.07, 6.45) is 7.91. The number of benzene rings is 2. The zero-order valence-corrected chi connectivity index (χ0v) is 19.8. The topological polar surface area (TPSA) is 80.6 Å². The first-order valence-corrected chi connectivity index (χ1v) is 12.2. The Bertz CT molecular complexity index is 1320. The van der Waals surface area contributed by atoms with E-state index in [1.807, 2.05) is 61.7 Å². The smallest absolute Gasteiger partial charge is 0.331 e. The van der Waals surface area contributed by atoms with E-state index in [-0.39, 0.29) is 11.6 Å². The highest BCUT2D eigenvalue weighted by molar-refractivity contribution is 6.31. The van der Waals surface area contributed by atoms with E-state index in [1.165, 1.54) is 4.90 Å². The van der Waals surface area contributed by atoms with Crippen molar-refractivity contribution in [3.63, 3.8) is 0 Å². The van der Waals surface area contributed by atoms with Crippen molar-refractivity contribution in [1.29, 1.82) is 0 Å². The molecule has 1 saturated carbocycles. The molecule has 1 saturated heterocycles. The van der Waals surface area contributed by atoms with Crippen LogP contribution in [0.3, 0.4) is 0 Å². The monoisotopic (exact) mass is 471 g/mol. The molecule has 3 aromatic rings. The Hall–Kier alpha value is -3.87. The van der Waals surface area contributed by atoms with Crippen molar-refractivity contribution in [3.8, 4) is 5.75 Å². The number of nitrogens with zero attached hydrogens (tertiary/aromatic N) is 2. The molecule has 0 radical (unpaired) electrons. The molecule has 2 fully saturated rings.